The van der Waals surface area contributed by atoms with Crippen LogP contribution in [0.5, 0.6) is 5.75 Å². The van der Waals surface area contributed by atoms with Gasteiger partial charge < -0.3 is 4.74 Å². The van der Waals surface area contributed by atoms with E-state index in [4.69, 9.17) is 4.74 Å². The summed E-state index contributed by atoms with van der Waals surface area (Å²) in [6.45, 7) is 4.84. The quantitative estimate of drug-likeness (QED) is 0.780. The molecule has 1 aromatic carbocycles. The van der Waals surface area contributed by atoms with E-state index in [1.54, 1.807) is 0 Å². The largest absolute Gasteiger partial charge is 0.493 e. The second-order valence-corrected chi connectivity index (χ2v) is 5.16. The van der Waals surface area contributed by atoms with Crippen LogP contribution >= 0.6 is 0 Å². The lowest BCUT2D eigenvalue weighted by molar-refractivity contribution is -0.155. The van der Waals surface area contributed by atoms with Gasteiger partial charge in [-0.2, -0.15) is 0 Å². The lowest BCUT2D eigenvalue weighted by atomic mass is 9.48. The number of carbonyl (C=O) groups is 1. The highest BCUT2D eigenvalue weighted by atomic mass is 16.5. The zero-order valence-electron chi connectivity index (χ0n) is 10.4. The van der Waals surface area contributed by atoms with Gasteiger partial charge in [0, 0.05) is 11.3 Å². The first-order valence-corrected chi connectivity index (χ1v) is 6.50. The van der Waals surface area contributed by atoms with Gasteiger partial charge in [-0.05, 0) is 24.5 Å². The molecule has 2 nitrogen and oxygen atoms in total. The minimum atomic E-state index is -0.120. The predicted molar refractivity (Wildman–Crippen MR) is 66.2 cm³/mol. The molecular formula is C15H18O2. The molecule has 90 valence electrons. The molecule has 0 amide bonds. The van der Waals surface area contributed by atoms with E-state index in [0.717, 1.165) is 18.6 Å². The van der Waals surface area contributed by atoms with Crippen molar-refractivity contribution in [3.8, 4) is 5.75 Å². The molecule has 2 aliphatic rings. The van der Waals surface area contributed by atoms with Gasteiger partial charge in [0.1, 0.15) is 11.5 Å². The molecule has 1 fully saturated rings. The number of rotatable bonds is 2. The van der Waals surface area contributed by atoms with E-state index < -0.39 is 0 Å². The van der Waals surface area contributed by atoms with Gasteiger partial charge in [0.25, 0.3) is 0 Å². The van der Waals surface area contributed by atoms with Crippen LogP contribution in [0, 0.1) is 11.3 Å². The van der Waals surface area contributed by atoms with Crippen LogP contribution in [0.2, 0.25) is 0 Å². The Morgan fingerprint density at radius 2 is 2.00 bits per heavy atom. The molecule has 0 bridgehead atoms. The van der Waals surface area contributed by atoms with Crippen LogP contribution in [0.3, 0.4) is 0 Å². The van der Waals surface area contributed by atoms with Crippen molar-refractivity contribution in [2.24, 2.45) is 11.3 Å². The lowest BCUT2D eigenvalue weighted by Crippen LogP contribution is -2.58. The highest BCUT2D eigenvalue weighted by Gasteiger charge is 2.61. The zero-order valence-corrected chi connectivity index (χ0v) is 10.4. The van der Waals surface area contributed by atoms with Crippen molar-refractivity contribution in [1.82, 2.24) is 0 Å². The van der Waals surface area contributed by atoms with Gasteiger partial charge in [0.05, 0.1) is 12.5 Å². The SMILES string of the molecule is CCC1(CC)C(=O)C2COc3ccccc3C21. The Balaban J connectivity index is 2.08. The molecule has 2 heteroatoms. The fourth-order valence-electron chi connectivity index (χ4n) is 3.74. The normalized spacial score (nSPS) is 28.7. The molecule has 2 unspecified atom stereocenters. The summed E-state index contributed by atoms with van der Waals surface area (Å²) in [5.41, 5.74) is 1.12. The minimum Gasteiger partial charge on any atom is -0.493 e. The maximum absolute atomic E-state index is 12.3. The van der Waals surface area contributed by atoms with Crippen molar-refractivity contribution in [1.29, 1.82) is 0 Å². The Kier molecular flexibility index (Phi) is 2.29. The number of ketones is 1. The summed E-state index contributed by atoms with van der Waals surface area (Å²) >= 11 is 0. The summed E-state index contributed by atoms with van der Waals surface area (Å²) in [5, 5.41) is 0. The van der Waals surface area contributed by atoms with E-state index >= 15 is 0 Å². The van der Waals surface area contributed by atoms with Crippen LogP contribution in [0.1, 0.15) is 38.2 Å². The molecule has 0 spiro atoms. The van der Waals surface area contributed by atoms with Crippen LogP contribution in [0.15, 0.2) is 24.3 Å². The standard InChI is InChI=1S/C15H18O2/c1-3-15(4-2)13-10-7-5-6-8-12(10)17-9-11(13)14(15)16/h5-8,11,13H,3-4,9H2,1-2H3. The monoisotopic (exact) mass is 230 g/mol. The van der Waals surface area contributed by atoms with E-state index in [2.05, 4.69) is 19.9 Å². The predicted octanol–water partition coefficient (Wildman–Crippen LogP) is 3.17. The van der Waals surface area contributed by atoms with Crippen molar-refractivity contribution in [3.05, 3.63) is 29.8 Å². The van der Waals surface area contributed by atoms with Gasteiger partial charge in [-0.1, -0.05) is 32.0 Å². The molecule has 0 aromatic heterocycles. The van der Waals surface area contributed by atoms with Crippen molar-refractivity contribution in [2.75, 3.05) is 6.61 Å². The van der Waals surface area contributed by atoms with E-state index in [-0.39, 0.29) is 11.3 Å². The van der Waals surface area contributed by atoms with E-state index in [1.807, 2.05) is 18.2 Å². The molecule has 0 N–H and O–H groups in total. The summed E-state index contributed by atoms with van der Waals surface area (Å²) in [6.07, 6.45) is 1.88. The first-order valence-electron chi connectivity index (χ1n) is 6.50. The van der Waals surface area contributed by atoms with Crippen LogP contribution < -0.4 is 4.74 Å². The third-order valence-corrected chi connectivity index (χ3v) is 4.76. The molecule has 3 rings (SSSR count). The molecule has 0 saturated heterocycles. The van der Waals surface area contributed by atoms with Crippen LogP contribution in [0.4, 0.5) is 0 Å². The Morgan fingerprint density at radius 3 is 2.71 bits per heavy atom. The first-order chi connectivity index (χ1) is 8.24. The van der Waals surface area contributed by atoms with Gasteiger partial charge in [0.2, 0.25) is 0 Å². The van der Waals surface area contributed by atoms with Gasteiger partial charge in [-0.3, -0.25) is 4.79 Å². The maximum atomic E-state index is 12.3. The molecule has 17 heavy (non-hydrogen) atoms. The van der Waals surface area contributed by atoms with Crippen molar-refractivity contribution in [2.45, 2.75) is 32.6 Å². The molecule has 1 aliphatic carbocycles. The van der Waals surface area contributed by atoms with Crippen molar-refractivity contribution >= 4 is 5.78 Å². The highest BCUT2D eigenvalue weighted by molar-refractivity contribution is 5.96. The van der Waals surface area contributed by atoms with Crippen LogP contribution in [0.25, 0.3) is 0 Å². The molecule has 1 saturated carbocycles. The number of benzene rings is 1. The summed E-state index contributed by atoms with van der Waals surface area (Å²) < 4.78 is 5.69. The van der Waals surface area contributed by atoms with Gasteiger partial charge in [-0.25, -0.2) is 0 Å². The summed E-state index contributed by atoms with van der Waals surface area (Å²) in [6, 6.07) is 8.19. The topological polar surface area (TPSA) is 26.3 Å². The summed E-state index contributed by atoms with van der Waals surface area (Å²) in [5.74, 6) is 1.88. The second kappa shape index (κ2) is 3.59. The minimum absolute atomic E-state index is 0.102. The van der Waals surface area contributed by atoms with Crippen LogP contribution in [-0.4, -0.2) is 12.4 Å². The van der Waals surface area contributed by atoms with Crippen molar-refractivity contribution < 1.29 is 9.53 Å². The number of carbonyl (C=O) groups excluding carboxylic acids is 1. The van der Waals surface area contributed by atoms with Crippen molar-refractivity contribution in [3.63, 3.8) is 0 Å². The molecule has 1 aromatic rings. The molecule has 0 radical (unpaired) electrons. The van der Waals surface area contributed by atoms with Gasteiger partial charge in [-0.15, -0.1) is 0 Å². The van der Waals surface area contributed by atoms with E-state index in [0.29, 0.717) is 18.3 Å². The number of ether oxygens (including phenoxy) is 1. The maximum Gasteiger partial charge on any atom is 0.146 e. The smallest absolute Gasteiger partial charge is 0.146 e. The van der Waals surface area contributed by atoms with Gasteiger partial charge >= 0.3 is 0 Å². The number of fused-ring (bicyclic) bond motifs is 3. The third kappa shape index (κ3) is 1.18. The molecule has 2 atom stereocenters. The third-order valence-electron chi connectivity index (χ3n) is 4.76. The Morgan fingerprint density at radius 1 is 1.29 bits per heavy atom. The van der Waals surface area contributed by atoms with E-state index in [9.17, 15) is 4.79 Å². The average molecular weight is 230 g/mol. The van der Waals surface area contributed by atoms with E-state index in [1.165, 1.54) is 5.56 Å². The fourth-order valence-corrected chi connectivity index (χ4v) is 3.74. The Bertz CT molecular complexity index is 460. The fraction of sp³-hybridized carbons (Fsp3) is 0.533. The highest BCUT2D eigenvalue weighted by Crippen LogP contribution is 2.61. The van der Waals surface area contributed by atoms with Gasteiger partial charge in [0.15, 0.2) is 0 Å². The second-order valence-electron chi connectivity index (χ2n) is 5.16. The lowest BCUT2D eigenvalue weighted by Gasteiger charge is -2.55. The number of Topliss-reactive ketones (excluding diaryl/α,β-unsaturated/α-hetero) is 1. The zero-order chi connectivity index (χ0) is 12.0. The Hall–Kier alpha value is -1.31. The number of hydrogen-bond donors (Lipinski definition) is 0. The average Bonchev–Trinajstić information content (AvgIpc) is 2.39. The molecule has 1 heterocycles. The summed E-state index contributed by atoms with van der Waals surface area (Å²) in [7, 11) is 0. The Labute approximate surface area is 102 Å². The first kappa shape index (κ1) is 10.8. The number of para-hydroxylation sites is 1. The summed E-state index contributed by atoms with van der Waals surface area (Å²) in [4.78, 5) is 12.3. The molecular weight excluding hydrogens is 212 g/mol. The number of hydrogen-bond acceptors (Lipinski definition) is 2. The van der Waals surface area contributed by atoms with Crippen LogP contribution in [-0.2, 0) is 4.79 Å². The molecule has 1 aliphatic heterocycles.